The third-order valence-electron chi connectivity index (χ3n) is 3.90. The average molecular weight is 265 g/mol. The lowest BCUT2D eigenvalue weighted by Gasteiger charge is -2.38. The molecular formula is C14H23N3O2. The Labute approximate surface area is 113 Å². The molecule has 0 aromatic carbocycles. The Hall–Kier alpha value is -1.20. The van der Waals surface area contributed by atoms with Gasteiger partial charge in [-0.2, -0.15) is 0 Å². The van der Waals surface area contributed by atoms with Crippen molar-refractivity contribution in [3.05, 3.63) is 27.9 Å². The van der Waals surface area contributed by atoms with E-state index in [2.05, 4.69) is 16.9 Å². The van der Waals surface area contributed by atoms with Gasteiger partial charge in [-0.15, -0.1) is 0 Å². The number of aromatic nitrogens is 2. The number of nitrogens with one attached hydrogen (secondary N) is 1. The second kappa shape index (κ2) is 5.84. The summed E-state index contributed by atoms with van der Waals surface area (Å²) in [7, 11) is 0. The molecule has 1 aromatic rings. The maximum absolute atomic E-state index is 11.9. The predicted molar refractivity (Wildman–Crippen MR) is 73.7 cm³/mol. The minimum Gasteiger partial charge on any atom is -0.367 e. The van der Waals surface area contributed by atoms with E-state index >= 15 is 0 Å². The summed E-state index contributed by atoms with van der Waals surface area (Å²) in [6.45, 7) is 5.03. The summed E-state index contributed by atoms with van der Waals surface area (Å²) in [5.74, 6) is 1.24. The van der Waals surface area contributed by atoms with Gasteiger partial charge in [0.05, 0.1) is 0 Å². The van der Waals surface area contributed by atoms with Crippen molar-refractivity contribution >= 4 is 0 Å². The quantitative estimate of drug-likeness (QED) is 0.867. The van der Waals surface area contributed by atoms with Crippen LogP contribution in [0.25, 0.3) is 0 Å². The van der Waals surface area contributed by atoms with E-state index in [4.69, 9.17) is 10.5 Å². The molecule has 1 fully saturated rings. The molecule has 2 unspecified atom stereocenters. The Balaban J connectivity index is 2.38. The lowest BCUT2D eigenvalue weighted by atomic mass is 9.78. The predicted octanol–water partition coefficient (Wildman–Crippen LogP) is 1.67. The summed E-state index contributed by atoms with van der Waals surface area (Å²) in [6, 6.07) is 0. The summed E-state index contributed by atoms with van der Waals surface area (Å²) in [4.78, 5) is 19.2. The second-order valence-electron chi connectivity index (χ2n) is 5.42. The zero-order chi connectivity index (χ0) is 13.9. The largest absolute Gasteiger partial charge is 0.367 e. The number of H-pyrrole nitrogens is 1. The molecule has 5 nitrogen and oxygen atoms in total. The van der Waals surface area contributed by atoms with Crippen LogP contribution in [0.3, 0.4) is 0 Å². The second-order valence-corrected chi connectivity index (χ2v) is 5.42. The van der Waals surface area contributed by atoms with E-state index in [1.165, 1.54) is 6.42 Å². The number of hydrogen-bond donors (Lipinski definition) is 2. The van der Waals surface area contributed by atoms with Crippen molar-refractivity contribution in [2.45, 2.75) is 51.7 Å². The number of aromatic amines is 1. The minimum atomic E-state index is -0.432. The maximum atomic E-state index is 11.9. The molecule has 2 atom stereocenters. The van der Waals surface area contributed by atoms with Crippen molar-refractivity contribution in [1.82, 2.24) is 9.97 Å². The van der Waals surface area contributed by atoms with Crippen molar-refractivity contribution in [1.29, 1.82) is 0 Å². The van der Waals surface area contributed by atoms with Crippen LogP contribution < -0.4 is 11.3 Å². The first-order chi connectivity index (χ1) is 9.11. The normalized spacial score (nSPS) is 27.4. The molecular weight excluding hydrogens is 242 g/mol. The first kappa shape index (κ1) is 14.2. The van der Waals surface area contributed by atoms with E-state index in [9.17, 15) is 4.79 Å². The molecule has 0 saturated heterocycles. The highest BCUT2D eigenvalue weighted by Gasteiger charge is 2.39. The Kier molecular flexibility index (Phi) is 4.37. The molecule has 0 radical (unpaired) electrons. The van der Waals surface area contributed by atoms with Crippen molar-refractivity contribution in [2.24, 2.45) is 11.7 Å². The van der Waals surface area contributed by atoms with Crippen molar-refractivity contribution < 1.29 is 4.74 Å². The van der Waals surface area contributed by atoms with Crippen LogP contribution in [0, 0.1) is 5.92 Å². The highest BCUT2D eigenvalue weighted by atomic mass is 16.5. The van der Waals surface area contributed by atoms with E-state index in [0.717, 1.165) is 19.3 Å². The fraction of sp³-hybridized carbons (Fsp3) is 0.714. The highest BCUT2D eigenvalue weighted by Crippen LogP contribution is 2.41. The monoisotopic (exact) mass is 265 g/mol. The zero-order valence-electron chi connectivity index (χ0n) is 11.7. The van der Waals surface area contributed by atoms with Crippen LogP contribution in [0.2, 0.25) is 0 Å². The van der Waals surface area contributed by atoms with Gasteiger partial charge in [0.15, 0.2) is 0 Å². The lowest BCUT2D eigenvalue weighted by molar-refractivity contribution is -0.0882. The van der Waals surface area contributed by atoms with Crippen LogP contribution in [0.5, 0.6) is 0 Å². The molecule has 1 heterocycles. The zero-order valence-corrected chi connectivity index (χ0v) is 11.7. The summed E-state index contributed by atoms with van der Waals surface area (Å²) in [5.41, 5.74) is 5.43. The first-order valence-corrected chi connectivity index (χ1v) is 7.04. The van der Waals surface area contributed by atoms with Crippen molar-refractivity contribution in [3.63, 3.8) is 0 Å². The Bertz CT molecular complexity index is 482. The van der Waals surface area contributed by atoms with Crippen LogP contribution in [-0.2, 0) is 16.9 Å². The van der Waals surface area contributed by atoms with Crippen LogP contribution >= 0.6 is 0 Å². The Morgan fingerprint density at radius 3 is 3.00 bits per heavy atom. The number of rotatable bonds is 4. The van der Waals surface area contributed by atoms with Gasteiger partial charge in [-0.3, -0.25) is 4.79 Å². The third-order valence-corrected chi connectivity index (χ3v) is 3.90. The fourth-order valence-electron chi connectivity index (χ4n) is 2.99. The lowest BCUT2D eigenvalue weighted by Crippen LogP contribution is -2.39. The van der Waals surface area contributed by atoms with E-state index in [0.29, 0.717) is 23.9 Å². The van der Waals surface area contributed by atoms with Gasteiger partial charge in [-0.1, -0.05) is 13.3 Å². The number of nitrogens with zero attached hydrogens (tertiary/aromatic N) is 1. The van der Waals surface area contributed by atoms with Crippen molar-refractivity contribution in [3.8, 4) is 0 Å². The first-order valence-electron chi connectivity index (χ1n) is 7.04. The molecule has 1 aliphatic carbocycles. The molecule has 19 heavy (non-hydrogen) atoms. The van der Waals surface area contributed by atoms with Gasteiger partial charge in [0.2, 0.25) is 0 Å². The molecule has 0 aliphatic heterocycles. The summed E-state index contributed by atoms with van der Waals surface area (Å²) >= 11 is 0. The van der Waals surface area contributed by atoms with Crippen LogP contribution in [0.1, 0.15) is 50.9 Å². The van der Waals surface area contributed by atoms with Gasteiger partial charge in [-0.05, 0) is 32.1 Å². The highest BCUT2D eigenvalue weighted by molar-refractivity contribution is 5.11. The number of ether oxygens (including phenoxy) is 1. The summed E-state index contributed by atoms with van der Waals surface area (Å²) in [5, 5.41) is 0. The molecule has 106 valence electrons. The van der Waals surface area contributed by atoms with E-state index in [1.54, 1.807) is 6.20 Å². The van der Waals surface area contributed by atoms with Gasteiger partial charge < -0.3 is 15.5 Å². The molecule has 3 N–H and O–H groups in total. The summed E-state index contributed by atoms with van der Waals surface area (Å²) in [6.07, 6.45) is 5.71. The molecule has 2 rings (SSSR count). The van der Waals surface area contributed by atoms with Gasteiger partial charge in [-0.25, -0.2) is 4.98 Å². The molecule has 0 bridgehead atoms. The van der Waals surface area contributed by atoms with E-state index < -0.39 is 5.60 Å². The van der Waals surface area contributed by atoms with Crippen LogP contribution in [-0.4, -0.2) is 16.6 Å². The third kappa shape index (κ3) is 2.87. The molecule has 0 amide bonds. The molecule has 1 saturated carbocycles. The molecule has 5 heteroatoms. The van der Waals surface area contributed by atoms with Crippen LogP contribution in [0.4, 0.5) is 0 Å². The van der Waals surface area contributed by atoms with Crippen LogP contribution in [0.15, 0.2) is 11.0 Å². The average Bonchev–Trinajstić information content (AvgIpc) is 2.39. The smallest absolute Gasteiger partial charge is 0.255 e. The topological polar surface area (TPSA) is 81.0 Å². The van der Waals surface area contributed by atoms with E-state index in [-0.39, 0.29) is 12.1 Å². The number of nitrogens with two attached hydrogens (primary N) is 1. The molecule has 1 aliphatic rings. The van der Waals surface area contributed by atoms with Gasteiger partial charge in [0, 0.05) is 24.9 Å². The minimum absolute atomic E-state index is 0.148. The Morgan fingerprint density at radius 1 is 1.63 bits per heavy atom. The van der Waals surface area contributed by atoms with Gasteiger partial charge in [0.1, 0.15) is 11.4 Å². The maximum Gasteiger partial charge on any atom is 0.255 e. The van der Waals surface area contributed by atoms with Gasteiger partial charge >= 0.3 is 0 Å². The summed E-state index contributed by atoms with van der Waals surface area (Å²) < 4.78 is 5.99. The molecule has 1 aromatic heterocycles. The van der Waals surface area contributed by atoms with Gasteiger partial charge in [0.25, 0.3) is 5.56 Å². The molecule has 0 spiro atoms. The number of hydrogen-bond acceptors (Lipinski definition) is 4. The van der Waals surface area contributed by atoms with Crippen molar-refractivity contribution in [2.75, 3.05) is 6.61 Å². The van der Waals surface area contributed by atoms with E-state index in [1.807, 2.05) is 6.92 Å². The Morgan fingerprint density at radius 2 is 2.42 bits per heavy atom. The SMILES string of the molecule is CCOC1(c2ncc(CN)c(=O)[nH]2)CCCC(C)C1. The fourth-order valence-corrected chi connectivity index (χ4v) is 2.99. The standard InChI is InChI=1S/C14H23N3O2/c1-3-19-14(6-4-5-10(2)7-14)13-16-9-11(8-15)12(18)17-13/h9-10H,3-8,15H2,1-2H3,(H,16,17,18).